The maximum absolute atomic E-state index is 12.6. The van der Waals surface area contributed by atoms with Crippen molar-refractivity contribution in [3.05, 3.63) is 34.9 Å². The third-order valence-electron chi connectivity index (χ3n) is 3.52. The molecular formula is C16H20N2O3. The van der Waals surface area contributed by atoms with Gasteiger partial charge in [-0.2, -0.15) is 0 Å². The third-order valence-corrected chi connectivity index (χ3v) is 3.52. The number of aliphatic hydroxyl groups excluding tert-OH is 1. The quantitative estimate of drug-likeness (QED) is 0.759. The molecule has 0 aliphatic carbocycles. The monoisotopic (exact) mass is 288 g/mol. The largest absolute Gasteiger partial charge is 0.394 e. The number of carbonyl (C=O) groups excluding carboxylic acids is 1. The van der Waals surface area contributed by atoms with E-state index in [9.17, 15) is 4.79 Å². The van der Waals surface area contributed by atoms with Crippen LogP contribution in [0.25, 0.3) is 0 Å². The molecule has 2 rings (SSSR count). The Bertz CT molecular complexity index is 575. The van der Waals surface area contributed by atoms with Gasteiger partial charge in [-0.15, -0.1) is 0 Å². The van der Waals surface area contributed by atoms with E-state index >= 15 is 0 Å². The van der Waals surface area contributed by atoms with Gasteiger partial charge in [0.1, 0.15) is 0 Å². The van der Waals surface area contributed by atoms with Crippen molar-refractivity contribution in [2.75, 3.05) is 32.8 Å². The molecule has 1 aliphatic rings. The van der Waals surface area contributed by atoms with Crippen LogP contribution in [0.4, 0.5) is 0 Å². The molecule has 0 bridgehead atoms. The number of hydrogen-bond acceptors (Lipinski definition) is 4. The number of ether oxygens (including phenoxy) is 1. The van der Waals surface area contributed by atoms with Gasteiger partial charge in [-0.3, -0.25) is 4.79 Å². The second kappa shape index (κ2) is 7.23. The minimum absolute atomic E-state index is 0.0503. The van der Waals surface area contributed by atoms with E-state index in [1.165, 1.54) is 0 Å². The van der Waals surface area contributed by atoms with Gasteiger partial charge in [0.15, 0.2) is 0 Å². The van der Waals surface area contributed by atoms with E-state index in [1.54, 1.807) is 11.0 Å². The van der Waals surface area contributed by atoms with E-state index in [0.717, 1.165) is 11.1 Å². The van der Waals surface area contributed by atoms with E-state index in [-0.39, 0.29) is 18.6 Å². The lowest BCUT2D eigenvalue weighted by Gasteiger charge is -2.32. The predicted octanol–water partition coefficient (Wildman–Crippen LogP) is 0.139. The molecule has 1 aromatic carbocycles. The molecule has 0 saturated carbocycles. The molecule has 1 aromatic rings. The summed E-state index contributed by atoms with van der Waals surface area (Å²) < 4.78 is 5.37. The van der Waals surface area contributed by atoms with E-state index < -0.39 is 0 Å². The summed E-state index contributed by atoms with van der Waals surface area (Å²) in [5, 5.41) is 9.16. The fraction of sp³-hybridized carbons (Fsp3) is 0.438. The standard InChI is InChI=1S/C16H20N2O3/c1-12-13(5-3-7-17)4-2-6-15(12)16(20)18-8-9-21-14(10-18)11-19/h2,4,6,14,19H,7-11,17H2,1H3. The molecule has 5 nitrogen and oxygen atoms in total. The minimum Gasteiger partial charge on any atom is -0.394 e. The Morgan fingerprint density at radius 1 is 1.57 bits per heavy atom. The fourth-order valence-corrected chi connectivity index (χ4v) is 2.33. The maximum atomic E-state index is 12.6. The highest BCUT2D eigenvalue weighted by Crippen LogP contribution is 2.17. The highest BCUT2D eigenvalue weighted by Gasteiger charge is 2.25. The third kappa shape index (κ3) is 3.61. The Hall–Kier alpha value is -1.87. The van der Waals surface area contributed by atoms with E-state index in [4.69, 9.17) is 15.6 Å². The van der Waals surface area contributed by atoms with Crippen molar-refractivity contribution in [3.8, 4) is 11.8 Å². The molecule has 5 heteroatoms. The van der Waals surface area contributed by atoms with Crippen molar-refractivity contribution in [1.82, 2.24) is 4.90 Å². The summed E-state index contributed by atoms with van der Waals surface area (Å²) in [5.41, 5.74) is 7.70. The lowest BCUT2D eigenvalue weighted by Crippen LogP contribution is -2.47. The molecule has 1 unspecified atom stereocenters. The molecule has 1 heterocycles. The molecule has 1 saturated heterocycles. The Balaban J connectivity index is 2.23. The zero-order valence-electron chi connectivity index (χ0n) is 12.1. The minimum atomic E-state index is -0.303. The van der Waals surface area contributed by atoms with Gasteiger partial charge < -0.3 is 20.5 Å². The van der Waals surface area contributed by atoms with Gasteiger partial charge >= 0.3 is 0 Å². The number of hydrogen-bond donors (Lipinski definition) is 2. The summed E-state index contributed by atoms with van der Waals surface area (Å²) in [6.45, 7) is 3.49. The van der Waals surface area contributed by atoms with Crippen LogP contribution in [0.2, 0.25) is 0 Å². The Morgan fingerprint density at radius 3 is 3.10 bits per heavy atom. The average Bonchev–Trinajstić information content (AvgIpc) is 2.53. The van der Waals surface area contributed by atoms with Gasteiger partial charge in [-0.05, 0) is 24.6 Å². The van der Waals surface area contributed by atoms with Gasteiger partial charge in [-0.25, -0.2) is 0 Å². The smallest absolute Gasteiger partial charge is 0.254 e. The second-order valence-corrected chi connectivity index (χ2v) is 4.91. The first-order chi connectivity index (χ1) is 10.2. The molecule has 1 amide bonds. The van der Waals surface area contributed by atoms with Gasteiger partial charge in [-0.1, -0.05) is 17.9 Å². The number of nitrogens with two attached hydrogens (primary N) is 1. The van der Waals surface area contributed by atoms with Crippen LogP contribution in [0, 0.1) is 18.8 Å². The second-order valence-electron chi connectivity index (χ2n) is 4.91. The summed E-state index contributed by atoms with van der Waals surface area (Å²) >= 11 is 0. The van der Waals surface area contributed by atoms with Crippen LogP contribution >= 0.6 is 0 Å². The topological polar surface area (TPSA) is 75.8 Å². The normalized spacial score (nSPS) is 18.0. The van der Waals surface area contributed by atoms with Gasteiger partial charge in [0.25, 0.3) is 5.91 Å². The Morgan fingerprint density at radius 2 is 2.38 bits per heavy atom. The van der Waals surface area contributed by atoms with Crippen LogP contribution in [0.15, 0.2) is 18.2 Å². The number of aliphatic hydroxyl groups is 1. The molecule has 1 aliphatic heterocycles. The van der Waals surface area contributed by atoms with Crippen molar-refractivity contribution in [1.29, 1.82) is 0 Å². The van der Waals surface area contributed by atoms with E-state index in [0.29, 0.717) is 31.8 Å². The Kier molecular flexibility index (Phi) is 5.34. The van der Waals surface area contributed by atoms with Gasteiger partial charge in [0.2, 0.25) is 0 Å². The molecule has 0 aromatic heterocycles. The van der Waals surface area contributed by atoms with Crippen LogP contribution in [0.1, 0.15) is 21.5 Å². The van der Waals surface area contributed by atoms with Crippen molar-refractivity contribution in [2.45, 2.75) is 13.0 Å². The molecule has 1 atom stereocenters. The number of benzene rings is 1. The van der Waals surface area contributed by atoms with Crippen molar-refractivity contribution < 1.29 is 14.6 Å². The first-order valence-corrected chi connectivity index (χ1v) is 6.97. The molecule has 21 heavy (non-hydrogen) atoms. The van der Waals surface area contributed by atoms with Crippen LogP contribution in [-0.2, 0) is 4.74 Å². The average molecular weight is 288 g/mol. The summed E-state index contributed by atoms with van der Waals surface area (Å²) in [7, 11) is 0. The van der Waals surface area contributed by atoms with Crippen LogP contribution in [-0.4, -0.2) is 54.9 Å². The van der Waals surface area contributed by atoms with Crippen LogP contribution in [0.3, 0.4) is 0 Å². The SMILES string of the molecule is Cc1c(C#CCN)cccc1C(=O)N1CCOC(CO)C1. The van der Waals surface area contributed by atoms with Gasteiger partial charge in [0.05, 0.1) is 25.9 Å². The predicted molar refractivity (Wildman–Crippen MR) is 79.8 cm³/mol. The summed E-state index contributed by atoms with van der Waals surface area (Å²) in [5.74, 6) is 5.74. The number of nitrogens with zero attached hydrogens (tertiary/aromatic N) is 1. The molecule has 1 fully saturated rings. The van der Waals surface area contributed by atoms with Gasteiger partial charge in [0, 0.05) is 24.2 Å². The van der Waals surface area contributed by atoms with E-state index in [1.807, 2.05) is 19.1 Å². The first-order valence-electron chi connectivity index (χ1n) is 6.97. The lowest BCUT2D eigenvalue weighted by atomic mass is 10.0. The number of amides is 1. The zero-order chi connectivity index (χ0) is 15.2. The van der Waals surface area contributed by atoms with Crippen LogP contribution < -0.4 is 5.73 Å². The van der Waals surface area contributed by atoms with E-state index in [2.05, 4.69) is 11.8 Å². The number of carbonyl (C=O) groups is 1. The zero-order valence-corrected chi connectivity index (χ0v) is 12.1. The molecular weight excluding hydrogens is 268 g/mol. The molecule has 0 spiro atoms. The van der Waals surface area contributed by atoms with Crippen molar-refractivity contribution in [2.24, 2.45) is 5.73 Å². The fourth-order valence-electron chi connectivity index (χ4n) is 2.33. The highest BCUT2D eigenvalue weighted by molar-refractivity contribution is 5.96. The lowest BCUT2D eigenvalue weighted by molar-refractivity contribution is -0.0447. The summed E-state index contributed by atoms with van der Waals surface area (Å²) in [6.07, 6.45) is -0.303. The van der Waals surface area contributed by atoms with Crippen LogP contribution in [0.5, 0.6) is 0 Å². The molecule has 112 valence electrons. The Labute approximate surface area is 124 Å². The molecule has 0 radical (unpaired) electrons. The highest BCUT2D eigenvalue weighted by atomic mass is 16.5. The number of morpholine rings is 1. The van der Waals surface area contributed by atoms with Crippen molar-refractivity contribution in [3.63, 3.8) is 0 Å². The first kappa shape index (κ1) is 15.5. The summed E-state index contributed by atoms with van der Waals surface area (Å²) in [4.78, 5) is 14.3. The molecule has 3 N–H and O–H groups in total. The summed E-state index contributed by atoms with van der Waals surface area (Å²) in [6, 6.07) is 5.50. The maximum Gasteiger partial charge on any atom is 0.254 e. The number of rotatable bonds is 2. The van der Waals surface area contributed by atoms with Crippen molar-refractivity contribution >= 4 is 5.91 Å².